The van der Waals surface area contributed by atoms with Crippen LogP contribution in [0.5, 0.6) is 5.75 Å². The van der Waals surface area contributed by atoms with Gasteiger partial charge >= 0.3 is 0 Å². The highest BCUT2D eigenvalue weighted by atomic mass is 19.1. The van der Waals surface area contributed by atoms with Crippen molar-refractivity contribution in [2.75, 3.05) is 6.61 Å². The van der Waals surface area contributed by atoms with Gasteiger partial charge in [-0.2, -0.15) is 0 Å². The van der Waals surface area contributed by atoms with Gasteiger partial charge in [0.1, 0.15) is 5.75 Å². The van der Waals surface area contributed by atoms with Gasteiger partial charge in [-0.25, -0.2) is 4.39 Å². The maximum Gasteiger partial charge on any atom is 0.119 e. The van der Waals surface area contributed by atoms with Gasteiger partial charge in [-0.3, -0.25) is 0 Å². The van der Waals surface area contributed by atoms with Gasteiger partial charge < -0.3 is 4.74 Å². The first-order valence-corrected chi connectivity index (χ1v) is 9.81. The van der Waals surface area contributed by atoms with E-state index in [1.54, 1.807) is 6.08 Å². The Morgan fingerprint density at radius 1 is 1.04 bits per heavy atom. The van der Waals surface area contributed by atoms with Gasteiger partial charge in [-0.1, -0.05) is 44.4 Å². The van der Waals surface area contributed by atoms with E-state index < -0.39 is 0 Å². The molecule has 1 fully saturated rings. The summed E-state index contributed by atoms with van der Waals surface area (Å²) < 4.78 is 17.8. The first-order valence-electron chi connectivity index (χ1n) is 9.81. The maximum atomic E-state index is 12.0. The minimum atomic E-state index is 0.680. The quantitative estimate of drug-likeness (QED) is 0.412. The number of rotatable bonds is 10. The SMILES string of the molecule is CCCCCCOc1ccc([C@H]2CC[C@H](CCC=CF)CC2)cc1. The van der Waals surface area contributed by atoms with Gasteiger partial charge in [0.2, 0.25) is 0 Å². The molecule has 0 saturated heterocycles. The van der Waals surface area contributed by atoms with E-state index in [-0.39, 0.29) is 0 Å². The molecule has 134 valence electrons. The summed E-state index contributed by atoms with van der Waals surface area (Å²) in [5.74, 6) is 2.47. The Morgan fingerprint density at radius 3 is 2.46 bits per heavy atom. The van der Waals surface area contributed by atoms with Crippen molar-refractivity contribution in [1.82, 2.24) is 0 Å². The second kappa shape index (κ2) is 11.3. The average Bonchev–Trinajstić information content (AvgIpc) is 2.63. The Morgan fingerprint density at radius 2 is 1.79 bits per heavy atom. The third-order valence-corrected chi connectivity index (χ3v) is 5.30. The Kier molecular flexibility index (Phi) is 8.94. The molecule has 0 N–H and O–H groups in total. The summed E-state index contributed by atoms with van der Waals surface area (Å²) in [6, 6.07) is 8.76. The molecule has 24 heavy (non-hydrogen) atoms. The molecule has 0 aromatic heterocycles. The Balaban J connectivity index is 1.70. The summed E-state index contributed by atoms with van der Waals surface area (Å²) in [7, 11) is 0. The van der Waals surface area contributed by atoms with Crippen molar-refractivity contribution < 1.29 is 9.13 Å². The fourth-order valence-electron chi connectivity index (χ4n) is 3.73. The van der Waals surface area contributed by atoms with Gasteiger partial charge in [-0.15, -0.1) is 0 Å². The largest absolute Gasteiger partial charge is 0.494 e. The van der Waals surface area contributed by atoms with Gasteiger partial charge in [0, 0.05) is 0 Å². The van der Waals surface area contributed by atoms with E-state index in [2.05, 4.69) is 31.2 Å². The molecule has 0 atom stereocenters. The van der Waals surface area contributed by atoms with Crippen molar-refractivity contribution >= 4 is 0 Å². The second-order valence-corrected chi connectivity index (χ2v) is 7.13. The van der Waals surface area contributed by atoms with Gasteiger partial charge in [0.05, 0.1) is 12.9 Å². The molecule has 1 aromatic rings. The minimum Gasteiger partial charge on any atom is -0.494 e. The highest BCUT2D eigenvalue weighted by Crippen LogP contribution is 2.37. The first-order chi connectivity index (χ1) is 11.8. The fraction of sp³-hybridized carbons (Fsp3) is 0.636. The number of hydrogen-bond donors (Lipinski definition) is 0. The van der Waals surface area contributed by atoms with Crippen LogP contribution in [0.15, 0.2) is 36.7 Å². The van der Waals surface area contributed by atoms with Gasteiger partial charge in [0.25, 0.3) is 0 Å². The molecule has 2 heteroatoms. The highest BCUT2D eigenvalue weighted by Gasteiger charge is 2.21. The Bertz CT molecular complexity index is 457. The topological polar surface area (TPSA) is 9.23 Å². The Hall–Kier alpha value is -1.31. The van der Waals surface area contributed by atoms with Crippen molar-refractivity contribution in [1.29, 1.82) is 0 Å². The van der Waals surface area contributed by atoms with Crippen LogP contribution in [-0.4, -0.2) is 6.61 Å². The molecule has 0 spiro atoms. The lowest BCUT2D eigenvalue weighted by Gasteiger charge is -2.28. The van der Waals surface area contributed by atoms with Crippen LogP contribution in [0.3, 0.4) is 0 Å². The molecule has 1 nitrogen and oxygen atoms in total. The number of hydrogen-bond acceptors (Lipinski definition) is 1. The van der Waals surface area contributed by atoms with E-state index in [4.69, 9.17) is 4.74 Å². The molecule has 1 aromatic carbocycles. The van der Waals surface area contributed by atoms with E-state index in [1.165, 1.54) is 50.5 Å². The van der Waals surface area contributed by atoms with E-state index in [1.807, 2.05) is 0 Å². The third-order valence-electron chi connectivity index (χ3n) is 5.30. The summed E-state index contributed by atoms with van der Waals surface area (Å²) in [4.78, 5) is 0. The van der Waals surface area contributed by atoms with E-state index >= 15 is 0 Å². The molecule has 1 aliphatic rings. The van der Waals surface area contributed by atoms with Crippen molar-refractivity contribution in [3.63, 3.8) is 0 Å². The predicted octanol–water partition coefficient (Wildman–Crippen LogP) is 7.18. The summed E-state index contributed by atoms with van der Waals surface area (Å²) in [5.41, 5.74) is 1.45. The van der Waals surface area contributed by atoms with Gasteiger partial charge in [0.15, 0.2) is 0 Å². The summed E-state index contributed by atoms with van der Waals surface area (Å²) in [6.45, 7) is 3.06. The maximum absolute atomic E-state index is 12.0. The van der Waals surface area contributed by atoms with Crippen LogP contribution >= 0.6 is 0 Å². The predicted molar refractivity (Wildman–Crippen MR) is 100 cm³/mol. The zero-order valence-electron chi connectivity index (χ0n) is 15.2. The fourth-order valence-corrected chi connectivity index (χ4v) is 3.73. The van der Waals surface area contributed by atoms with E-state index in [0.29, 0.717) is 12.2 Å². The zero-order chi connectivity index (χ0) is 17.0. The van der Waals surface area contributed by atoms with E-state index in [9.17, 15) is 4.39 Å². The molecular formula is C22H33FO. The van der Waals surface area contributed by atoms with Crippen LogP contribution in [-0.2, 0) is 0 Å². The van der Waals surface area contributed by atoms with Crippen molar-refractivity contribution in [2.45, 2.75) is 77.0 Å². The number of unbranched alkanes of at least 4 members (excludes halogenated alkanes) is 3. The lowest BCUT2D eigenvalue weighted by molar-refractivity contribution is 0.303. The standard InChI is InChI=1S/C22H33FO/c1-2-3-4-7-18-24-22-15-13-21(14-16-22)20-11-9-19(10-12-20)8-5-6-17-23/h6,13-17,19-20H,2-5,7-12,18H2,1H3/t19-,20-. The summed E-state index contributed by atoms with van der Waals surface area (Å²) in [5, 5.41) is 0. The molecule has 0 bridgehead atoms. The third kappa shape index (κ3) is 6.67. The Labute approximate surface area is 147 Å². The van der Waals surface area contributed by atoms with Crippen molar-refractivity contribution in [2.24, 2.45) is 5.92 Å². The molecule has 1 saturated carbocycles. The minimum absolute atomic E-state index is 0.680. The van der Waals surface area contributed by atoms with E-state index in [0.717, 1.165) is 37.5 Å². The van der Waals surface area contributed by atoms with Crippen molar-refractivity contribution in [3.8, 4) is 5.75 Å². The molecule has 0 amide bonds. The molecular weight excluding hydrogens is 299 g/mol. The van der Waals surface area contributed by atoms with Crippen LogP contribution in [0.4, 0.5) is 4.39 Å². The second-order valence-electron chi connectivity index (χ2n) is 7.13. The number of allylic oxidation sites excluding steroid dienone is 1. The number of benzene rings is 1. The molecule has 2 rings (SSSR count). The average molecular weight is 333 g/mol. The zero-order valence-corrected chi connectivity index (χ0v) is 15.2. The van der Waals surface area contributed by atoms with Crippen LogP contribution in [0, 0.1) is 5.92 Å². The lowest BCUT2D eigenvalue weighted by Crippen LogP contribution is -2.13. The summed E-state index contributed by atoms with van der Waals surface area (Å²) in [6.07, 6.45) is 14.4. The normalized spacial score (nSPS) is 21.2. The molecule has 0 unspecified atom stereocenters. The number of halogens is 1. The molecule has 0 radical (unpaired) electrons. The van der Waals surface area contributed by atoms with Gasteiger partial charge in [-0.05, 0) is 74.5 Å². The summed E-state index contributed by atoms with van der Waals surface area (Å²) >= 11 is 0. The first kappa shape index (κ1) is 19.0. The van der Waals surface area contributed by atoms with Crippen LogP contribution < -0.4 is 4.74 Å². The van der Waals surface area contributed by atoms with Crippen LogP contribution in [0.25, 0.3) is 0 Å². The smallest absolute Gasteiger partial charge is 0.119 e. The molecule has 1 aliphatic carbocycles. The number of ether oxygens (including phenoxy) is 1. The molecule has 0 heterocycles. The van der Waals surface area contributed by atoms with Crippen LogP contribution in [0.2, 0.25) is 0 Å². The highest BCUT2D eigenvalue weighted by molar-refractivity contribution is 5.29. The lowest BCUT2D eigenvalue weighted by atomic mass is 9.77. The van der Waals surface area contributed by atoms with Crippen LogP contribution in [0.1, 0.15) is 82.6 Å². The van der Waals surface area contributed by atoms with Crippen molar-refractivity contribution in [3.05, 3.63) is 42.2 Å². The monoisotopic (exact) mass is 332 g/mol. The molecule has 0 aliphatic heterocycles.